The van der Waals surface area contributed by atoms with Gasteiger partial charge in [0.15, 0.2) is 5.58 Å². The average Bonchev–Trinajstić information content (AvgIpc) is 3.98. The number of anilines is 3. The van der Waals surface area contributed by atoms with Crippen LogP contribution in [0.25, 0.3) is 99.2 Å². The van der Waals surface area contributed by atoms with Gasteiger partial charge in [-0.25, -0.2) is 0 Å². The fourth-order valence-corrected chi connectivity index (χ4v) is 8.86. The van der Waals surface area contributed by atoms with Gasteiger partial charge in [0, 0.05) is 49.3 Å². The average molecular weight is 744 g/mol. The van der Waals surface area contributed by atoms with Gasteiger partial charge in [-0.3, -0.25) is 0 Å². The van der Waals surface area contributed by atoms with Crippen molar-refractivity contribution in [2.75, 3.05) is 4.90 Å². The Morgan fingerprint density at radius 3 is 1.74 bits per heavy atom. The first-order chi connectivity index (χ1) is 28.8. The quantitative estimate of drug-likeness (QED) is 0.170. The van der Waals surface area contributed by atoms with E-state index in [9.17, 15) is 0 Å². The topological polar surface area (TPSA) is 42.7 Å². The van der Waals surface area contributed by atoms with E-state index in [0.29, 0.717) is 0 Å². The first kappa shape index (κ1) is 32.4. The Morgan fingerprint density at radius 1 is 0.310 bits per heavy atom. The van der Waals surface area contributed by atoms with Gasteiger partial charge < -0.3 is 18.2 Å². The maximum atomic E-state index is 7.01. The van der Waals surface area contributed by atoms with Crippen molar-refractivity contribution >= 4 is 82.9 Å². The predicted octanol–water partition coefficient (Wildman–Crippen LogP) is 15.9. The summed E-state index contributed by atoms with van der Waals surface area (Å²) in [5, 5.41) is 6.24. The predicted molar refractivity (Wildman–Crippen MR) is 239 cm³/mol. The van der Waals surface area contributed by atoms with Crippen molar-refractivity contribution in [3.8, 4) is 33.4 Å². The number of para-hydroxylation sites is 3. The summed E-state index contributed by atoms with van der Waals surface area (Å²) in [7, 11) is 0. The van der Waals surface area contributed by atoms with Crippen LogP contribution in [0.3, 0.4) is 0 Å². The molecule has 0 aliphatic heterocycles. The number of benzene rings is 9. The zero-order chi connectivity index (χ0) is 38.2. The number of hydrogen-bond donors (Lipinski definition) is 0. The van der Waals surface area contributed by atoms with E-state index in [-0.39, 0.29) is 0 Å². The summed E-state index contributed by atoms with van der Waals surface area (Å²) in [6.07, 6.45) is 0. The maximum absolute atomic E-state index is 7.01. The van der Waals surface area contributed by atoms with Crippen LogP contribution >= 0.6 is 0 Å². The molecule has 0 aliphatic carbocycles. The van der Waals surface area contributed by atoms with Crippen molar-refractivity contribution in [2.24, 2.45) is 0 Å². The highest BCUT2D eigenvalue weighted by atomic mass is 16.3. The molecule has 0 N–H and O–H groups in total. The smallest absolute Gasteiger partial charge is 0.159 e. The van der Waals surface area contributed by atoms with Gasteiger partial charge in [-0.2, -0.15) is 0 Å². The minimum atomic E-state index is 0.800. The Balaban J connectivity index is 1.14. The molecule has 58 heavy (non-hydrogen) atoms. The van der Waals surface area contributed by atoms with E-state index in [0.717, 1.165) is 116 Å². The lowest BCUT2D eigenvalue weighted by Gasteiger charge is -2.26. The lowest BCUT2D eigenvalue weighted by molar-refractivity contribution is 0.664. The van der Waals surface area contributed by atoms with Gasteiger partial charge in [0.05, 0.1) is 5.69 Å². The van der Waals surface area contributed by atoms with Crippen LogP contribution in [-0.4, -0.2) is 0 Å². The summed E-state index contributed by atoms with van der Waals surface area (Å²) in [6, 6.07) is 70.0. The standard InChI is InChI=1S/C54H33NO3/c1-3-15-34(16-4-1)36-19-13-20-37(31-36)55(46-26-14-25-42-40-22-9-11-27-47(40)57-53(42)46)38-29-30-49-44(32-38)45-33-50-51(43-24-10-12-28-48(43)56-50)52(54(45)58-49)41-23-8-7-21-39(41)35-17-5-2-6-18-35/h1-33H. The SMILES string of the molecule is c1ccc(-c2cccc(N(c3ccc4oc5c(-c6ccccc6-c6ccccc6)c6c(cc5c4c3)oc3ccccc36)c3cccc4c3oc3ccccc34)c2)cc1. The molecule has 0 saturated carbocycles. The minimum absolute atomic E-state index is 0.800. The Hall–Kier alpha value is -7.82. The number of nitrogens with zero attached hydrogens (tertiary/aromatic N) is 1. The molecule has 4 heteroatoms. The second kappa shape index (κ2) is 12.9. The number of rotatable bonds is 6. The van der Waals surface area contributed by atoms with Crippen LogP contribution in [0.15, 0.2) is 213 Å². The molecule has 4 nitrogen and oxygen atoms in total. The lowest BCUT2D eigenvalue weighted by atomic mass is 9.90. The molecule has 0 saturated heterocycles. The molecule has 0 radical (unpaired) electrons. The molecule has 12 rings (SSSR count). The van der Waals surface area contributed by atoms with Crippen molar-refractivity contribution in [3.63, 3.8) is 0 Å². The van der Waals surface area contributed by atoms with Gasteiger partial charge >= 0.3 is 0 Å². The third kappa shape index (κ3) is 5.02. The number of fused-ring (bicyclic) bond motifs is 9. The Kier molecular flexibility index (Phi) is 7.20. The van der Waals surface area contributed by atoms with Crippen LogP contribution in [0.2, 0.25) is 0 Å². The van der Waals surface area contributed by atoms with Gasteiger partial charge in [0.25, 0.3) is 0 Å². The summed E-state index contributed by atoms with van der Waals surface area (Å²) >= 11 is 0. The van der Waals surface area contributed by atoms with E-state index in [1.54, 1.807) is 0 Å². The summed E-state index contributed by atoms with van der Waals surface area (Å²) in [4.78, 5) is 2.31. The molecule has 0 amide bonds. The molecular weight excluding hydrogens is 711 g/mol. The second-order valence-electron chi connectivity index (χ2n) is 14.8. The van der Waals surface area contributed by atoms with Crippen LogP contribution in [0.5, 0.6) is 0 Å². The van der Waals surface area contributed by atoms with Crippen molar-refractivity contribution in [2.45, 2.75) is 0 Å². The molecule has 0 spiro atoms. The van der Waals surface area contributed by atoms with E-state index in [1.165, 1.54) is 0 Å². The molecule has 12 aromatic rings. The second-order valence-corrected chi connectivity index (χ2v) is 14.8. The van der Waals surface area contributed by atoms with Crippen LogP contribution in [0, 0.1) is 0 Å². The van der Waals surface area contributed by atoms with Gasteiger partial charge in [-0.1, -0.05) is 146 Å². The van der Waals surface area contributed by atoms with Gasteiger partial charge in [0.1, 0.15) is 27.9 Å². The largest absolute Gasteiger partial charge is 0.456 e. The lowest BCUT2D eigenvalue weighted by Crippen LogP contribution is -2.10. The van der Waals surface area contributed by atoms with Gasteiger partial charge in [0.2, 0.25) is 0 Å². The van der Waals surface area contributed by atoms with Gasteiger partial charge in [-0.15, -0.1) is 0 Å². The summed E-state index contributed by atoms with van der Waals surface area (Å²) in [5.74, 6) is 0. The molecule has 3 heterocycles. The fraction of sp³-hybridized carbons (Fsp3) is 0. The first-order valence-corrected chi connectivity index (χ1v) is 19.6. The van der Waals surface area contributed by atoms with E-state index in [4.69, 9.17) is 13.3 Å². The fourth-order valence-electron chi connectivity index (χ4n) is 8.86. The number of furan rings is 3. The Labute approximate surface area is 333 Å². The summed E-state index contributed by atoms with van der Waals surface area (Å²) in [6.45, 7) is 0. The molecule has 9 aromatic carbocycles. The highest BCUT2D eigenvalue weighted by Crippen LogP contribution is 2.49. The molecule has 0 atom stereocenters. The minimum Gasteiger partial charge on any atom is -0.456 e. The van der Waals surface area contributed by atoms with Crippen molar-refractivity contribution in [1.82, 2.24) is 0 Å². The molecule has 0 bridgehead atoms. The molecule has 0 fully saturated rings. The monoisotopic (exact) mass is 743 g/mol. The van der Waals surface area contributed by atoms with Crippen LogP contribution < -0.4 is 4.90 Å². The molecule has 3 aromatic heterocycles. The van der Waals surface area contributed by atoms with Crippen LogP contribution in [0.1, 0.15) is 0 Å². The van der Waals surface area contributed by atoms with Crippen LogP contribution in [0.4, 0.5) is 17.1 Å². The van der Waals surface area contributed by atoms with Crippen LogP contribution in [-0.2, 0) is 0 Å². The third-order valence-corrected chi connectivity index (χ3v) is 11.5. The Bertz CT molecular complexity index is 3520. The maximum Gasteiger partial charge on any atom is 0.159 e. The molecule has 0 unspecified atom stereocenters. The first-order valence-electron chi connectivity index (χ1n) is 19.6. The van der Waals surface area contributed by atoms with E-state index in [1.807, 2.05) is 24.3 Å². The number of hydrogen-bond acceptors (Lipinski definition) is 4. The van der Waals surface area contributed by atoms with E-state index >= 15 is 0 Å². The summed E-state index contributed by atoms with van der Waals surface area (Å²) in [5.41, 5.74) is 14.6. The Morgan fingerprint density at radius 2 is 0.914 bits per heavy atom. The molecule has 272 valence electrons. The van der Waals surface area contributed by atoms with E-state index < -0.39 is 0 Å². The zero-order valence-corrected chi connectivity index (χ0v) is 31.2. The molecular formula is C54H33NO3. The highest BCUT2D eigenvalue weighted by molar-refractivity contribution is 6.25. The molecule has 0 aliphatic rings. The van der Waals surface area contributed by atoms with E-state index in [2.05, 4.69) is 181 Å². The van der Waals surface area contributed by atoms with Crippen molar-refractivity contribution in [3.05, 3.63) is 200 Å². The van der Waals surface area contributed by atoms with Gasteiger partial charge in [-0.05, 0) is 82.4 Å². The summed E-state index contributed by atoms with van der Waals surface area (Å²) < 4.78 is 20.4. The third-order valence-electron chi connectivity index (χ3n) is 11.5. The normalized spacial score (nSPS) is 11.8. The van der Waals surface area contributed by atoms with Crippen molar-refractivity contribution < 1.29 is 13.3 Å². The zero-order valence-electron chi connectivity index (χ0n) is 31.2. The highest BCUT2D eigenvalue weighted by Gasteiger charge is 2.25. The van der Waals surface area contributed by atoms with Crippen molar-refractivity contribution in [1.29, 1.82) is 0 Å².